The molecule has 5 N–H and O–H groups in total. The lowest BCUT2D eigenvalue weighted by atomic mass is 9.98. The Bertz CT molecular complexity index is 2190. The van der Waals surface area contributed by atoms with E-state index < -0.39 is 65.0 Å². The molecule has 0 bridgehead atoms. The molecule has 4 amide bonds. The molecule has 0 unspecified atom stereocenters. The summed E-state index contributed by atoms with van der Waals surface area (Å²) in [5, 5.41) is 28.5. The van der Waals surface area contributed by atoms with Gasteiger partial charge in [-0.25, -0.2) is 19.4 Å². The summed E-state index contributed by atoms with van der Waals surface area (Å²) in [4.78, 5) is 76.7. The fourth-order valence-electron chi connectivity index (χ4n) is 5.99. The minimum absolute atomic E-state index is 0.0111. The van der Waals surface area contributed by atoms with Gasteiger partial charge in [-0.3, -0.25) is 14.9 Å². The van der Waals surface area contributed by atoms with Crippen LogP contribution in [0.25, 0.3) is 0 Å². The molecular formula is C42H52N10O9S. The molecule has 0 radical (unpaired) electrons. The summed E-state index contributed by atoms with van der Waals surface area (Å²) < 4.78 is 16.6. The van der Waals surface area contributed by atoms with Crippen molar-refractivity contribution in [3.63, 3.8) is 0 Å². The molecule has 19 nitrogen and oxygen atoms in total. The summed E-state index contributed by atoms with van der Waals surface area (Å²) in [7, 11) is 0. The average Bonchev–Trinajstić information content (AvgIpc) is 3.64. The van der Waals surface area contributed by atoms with Crippen molar-refractivity contribution in [2.24, 2.45) is 5.16 Å². The summed E-state index contributed by atoms with van der Waals surface area (Å²) in [5.41, 5.74) is -0.993. The quantitative estimate of drug-likeness (QED) is 0.0234. The number of esters is 1. The molecule has 2 fully saturated rings. The predicted octanol–water partition coefficient (Wildman–Crippen LogP) is 4.36. The van der Waals surface area contributed by atoms with Crippen LogP contribution in [0.3, 0.4) is 0 Å². The van der Waals surface area contributed by atoms with Crippen molar-refractivity contribution in [2.75, 3.05) is 18.4 Å². The molecule has 20 heteroatoms. The van der Waals surface area contributed by atoms with Crippen LogP contribution in [0.15, 0.2) is 77.4 Å². The van der Waals surface area contributed by atoms with Gasteiger partial charge in [-0.2, -0.15) is 15.0 Å². The Balaban J connectivity index is 1.11. The summed E-state index contributed by atoms with van der Waals surface area (Å²) in [5.74, 6) is -1.93. The number of ether oxygens (including phenoxy) is 3. The van der Waals surface area contributed by atoms with Gasteiger partial charge in [-0.15, -0.1) is 11.3 Å². The second kappa shape index (κ2) is 19.5. The number of oxime groups is 1. The highest BCUT2D eigenvalue weighted by atomic mass is 32.1. The number of aromatic nitrogens is 4. The molecule has 6 rings (SSSR count). The number of thiazole rings is 1. The van der Waals surface area contributed by atoms with Crippen molar-refractivity contribution in [3.05, 3.63) is 94.8 Å². The maximum Gasteiger partial charge on any atom is 0.413 e. The Kier molecular flexibility index (Phi) is 14.2. The Morgan fingerprint density at radius 3 is 2.19 bits per heavy atom. The zero-order chi connectivity index (χ0) is 44.5. The van der Waals surface area contributed by atoms with Gasteiger partial charge in [0.25, 0.3) is 5.91 Å². The van der Waals surface area contributed by atoms with Gasteiger partial charge < -0.3 is 40.3 Å². The van der Waals surface area contributed by atoms with Gasteiger partial charge in [0.05, 0.1) is 24.5 Å². The number of alkyl carbamates (subject to hydrolysis) is 1. The van der Waals surface area contributed by atoms with E-state index in [-0.39, 0.29) is 35.9 Å². The fourth-order valence-corrected chi connectivity index (χ4v) is 6.68. The lowest BCUT2D eigenvalue weighted by Crippen LogP contribution is -2.70. The SMILES string of the molecule is CC(C)(C)OC(=O)NCCCNCc1cnn(C[C@H]2NC(=O)[C@H]2NC(=O)C(=NOC2(C(=O)OC(c3ccccc3)c3ccccc3)CC2)c2csc(NC(=O)OC(C)(C)C)n2)n1. The number of rotatable bonds is 18. The monoisotopic (exact) mass is 872 g/mol. The largest absolute Gasteiger partial charge is 0.450 e. The Labute approximate surface area is 362 Å². The van der Waals surface area contributed by atoms with Crippen molar-refractivity contribution < 1.29 is 43.0 Å². The number of carbonyl (C=O) groups excluding carboxylic acids is 5. The predicted molar refractivity (Wildman–Crippen MR) is 227 cm³/mol. The van der Waals surface area contributed by atoms with Crippen LogP contribution in [0.1, 0.15) is 89.4 Å². The van der Waals surface area contributed by atoms with E-state index >= 15 is 0 Å². The van der Waals surface area contributed by atoms with Gasteiger partial charge in [0.15, 0.2) is 16.9 Å². The molecule has 0 spiro atoms. The van der Waals surface area contributed by atoms with Crippen molar-refractivity contribution >= 4 is 52.2 Å². The molecular weight excluding hydrogens is 821 g/mol. The van der Waals surface area contributed by atoms with Crippen molar-refractivity contribution in [1.29, 1.82) is 0 Å². The zero-order valence-electron chi connectivity index (χ0n) is 35.4. The number of benzene rings is 2. The molecule has 3 heterocycles. The molecule has 2 atom stereocenters. The number of nitrogens with zero attached hydrogens (tertiary/aromatic N) is 5. The van der Waals surface area contributed by atoms with Crippen LogP contribution in [0.2, 0.25) is 0 Å². The van der Waals surface area contributed by atoms with Gasteiger partial charge in [0.1, 0.15) is 22.9 Å². The van der Waals surface area contributed by atoms with Crippen LogP contribution >= 0.6 is 11.3 Å². The Morgan fingerprint density at radius 2 is 1.58 bits per heavy atom. The molecule has 62 heavy (non-hydrogen) atoms. The first-order chi connectivity index (χ1) is 29.5. The first-order valence-corrected chi connectivity index (χ1v) is 21.1. The van der Waals surface area contributed by atoms with E-state index in [2.05, 4.69) is 46.9 Å². The standard InChI is InChI=1S/C42H52N10O9S/c1-40(2,3)59-38(56)44-21-13-20-43-22-28-23-45-52(50-28)24-29-31(34(53)46-29)48-35(54)32(30-25-62-37(47-30)49-39(57)60-41(4,5)6)51-61-42(18-19-42)36(55)58-33(26-14-9-7-10-15-26)27-16-11-8-12-17-27/h7-12,14-17,23,25,29,31,33,43H,13,18-22,24H2,1-6H3,(H,44,56)(H,46,53)(H,48,54)(H,47,49,57)/t29-,31+/m1/s1. The number of β-lactam (4-membered cyclic amide) rings is 1. The smallest absolute Gasteiger partial charge is 0.413 e. The van der Waals surface area contributed by atoms with E-state index in [9.17, 15) is 24.0 Å². The van der Waals surface area contributed by atoms with E-state index in [1.807, 2.05) is 60.7 Å². The molecule has 330 valence electrons. The van der Waals surface area contributed by atoms with Crippen molar-refractivity contribution in [1.82, 2.24) is 41.2 Å². The third-order valence-corrected chi connectivity index (χ3v) is 9.89. The van der Waals surface area contributed by atoms with Gasteiger partial charge >= 0.3 is 18.2 Å². The summed E-state index contributed by atoms with van der Waals surface area (Å²) in [6.07, 6.45) is 0.843. The topological polar surface area (TPSA) is 238 Å². The van der Waals surface area contributed by atoms with Crippen LogP contribution < -0.4 is 26.6 Å². The zero-order valence-corrected chi connectivity index (χ0v) is 36.2. The number of carbonyl (C=O) groups is 5. The third kappa shape index (κ3) is 12.8. The van der Waals surface area contributed by atoms with E-state index in [4.69, 9.17) is 19.0 Å². The highest BCUT2D eigenvalue weighted by molar-refractivity contribution is 7.14. The maximum atomic E-state index is 14.0. The van der Waals surface area contributed by atoms with Crippen LogP contribution in [-0.4, -0.2) is 97.6 Å². The normalized spacial score (nSPS) is 17.0. The van der Waals surface area contributed by atoms with E-state index in [0.29, 0.717) is 31.7 Å². The van der Waals surface area contributed by atoms with Crippen LogP contribution in [0.4, 0.5) is 14.7 Å². The second-order valence-electron chi connectivity index (χ2n) is 16.7. The lowest BCUT2D eigenvalue weighted by molar-refractivity contribution is -0.164. The number of hydrogen-bond acceptors (Lipinski definition) is 15. The van der Waals surface area contributed by atoms with Gasteiger partial charge in [0.2, 0.25) is 11.5 Å². The van der Waals surface area contributed by atoms with E-state index in [1.165, 1.54) is 10.2 Å². The minimum atomic E-state index is -1.48. The molecule has 4 aromatic rings. The molecule has 2 aliphatic rings. The summed E-state index contributed by atoms with van der Waals surface area (Å²) >= 11 is 1.01. The molecule has 2 aromatic carbocycles. The summed E-state index contributed by atoms with van der Waals surface area (Å²) in [6, 6.07) is 17.0. The van der Waals surface area contributed by atoms with Crippen LogP contribution in [0.5, 0.6) is 0 Å². The van der Waals surface area contributed by atoms with Crippen molar-refractivity contribution in [2.45, 2.75) is 109 Å². The second-order valence-corrected chi connectivity index (χ2v) is 17.6. The number of nitrogens with one attached hydrogen (secondary N) is 5. The number of amides is 4. The first kappa shape index (κ1) is 45.1. The molecule has 1 aliphatic carbocycles. The van der Waals surface area contributed by atoms with Gasteiger partial charge in [0, 0.05) is 31.3 Å². The van der Waals surface area contributed by atoms with Gasteiger partial charge in [-0.1, -0.05) is 65.8 Å². The Morgan fingerprint density at radius 1 is 0.935 bits per heavy atom. The fraction of sp³-hybridized carbons (Fsp3) is 0.452. The molecule has 1 saturated heterocycles. The Hall–Kier alpha value is -6.41. The minimum Gasteiger partial charge on any atom is -0.450 e. The molecule has 2 aromatic heterocycles. The molecule has 1 aliphatic heterocycles. The first-order valence-electron chi connectivity index (χ1n) is 20.2. The van der Waals surface area contributed by atoms with E-state index in [0.717, 1.165) is 22.5 Å². The maximum absolute atomic E-state index is 14.0. The van der Waals surface area contributed by atoms with Gasteiger partial charge in [-0.05, 0) is 65.6 Å². The molecule has 1 saturated carbocycles. The van der Waals surface area contributed by atoms with Crippen LogP contribution in [0, 0.1) is 0 Å². The van der Waals surface area contributed by atoms with Crippen molar-refractivity contribution in [3.8, 4) is 0 Å². The lowest BCUT2D eigenvalue weighted by Gasteiger charge is -2.36. The summed E-state index contributed by atoms with van der Waals surface area (Å²) in [6.45, 7) is 12.1. The average molecular weight is 873 g/mol. The third-order valence-electron chi connectivity index (χ3n) is 9.13. The number of anilines is 1. The number of hydrogen-bond donors (Lipinski definition) is 5. The van der Waals surface area contributed by atoms with Crippen LogP contribution in [-0.2, 0) is 46.5 Å². The highest BCUT2D eigenvalue weighted by Gasteiger charge is 2.56. The van der Waals surface area contributed by atoms with E-state index in [1.54, 1.807) is 47.7 Å². The highest BCUT2D eigenvalue weighted by Crippen LogP contribution is 2.43.